The molecule has 2 rings (SSSR count). The molecule has 0 amide bonds. The van der Waals surface area contributed by atoms with Crippen LogP contribution in [0.3, 0.4) is 0 Å². The van der Waals surface area contributed by atoms with E-state index in [4.69, 9.17) is 9.84 Å². The van der Waals surface area contributed by atoms with E-state index in [0.717, 1.165) is 38.2 Å². The maximum absolute atomic E-state index is 11.1. The smallest absolute Gasteiger partial charge is 0.339 e. The van der Waals surface area contributed by atoms with Crippen LogP contribution in [-0.2, 0) is 11.3 Å². The van der Waals surface area contributed by atoms with Crippen LogP contribution in [-0.4, -0.2) is 47.9 Å². The van der Waals surface area contributed by atoms with Crippen molar-refractivity contribution in [2.24, 2.45) is 5.92 Å². The summed E-state index contributed by atoms with van der Waals surface area (Å²) in [5.41, 5.74) is 0.916. The van der Waals surface area contributed by atoms with E-state index in [9.17, 15) is 9.90 Å². The molecule has 0 spiro atoms. The van der Waals surface area contributed by atoms with Crippen molar-refractivity contribution in [1.82, 2.24) is 4.90 Å². The third kappa shape index (κ3) is 4.71. The molecule has 0 bridgehead atoms. The van der Waals surface area contributed by atoms with E-state index in [1.807, 2.05) is 0 Å². The SMILES string of the molecule is COCCC[C@H]1CCCN(Cc2ccc(O)c(C(=O)O)c2)C1. The van der Waals surface area contributed by atoms with Gasteiger partial charge < -0.3 is 14.9 Å². The Labute approximate surface area is 131 Å². The van der Waals surface area contributed by atoms with E-state index in [-0.39, 0.29) is 11.3 Å². The van der Waals surface area contributed by atoms with Crippen molar-refractivity contribution < 1.29 is 19.7 Å². The first-order valence-electron chi connectivity index (χ1n) is 7.86. The minimum atomic E-state index is -1.09. The van der Waals surface area contributed by atoms with Crippen molar-refractivity contribution in [2.75, 3.05) is 26.8 Å². The van der Waals surface area contributed by atoms with E-state index < -0.39 is 5.97 Å². The number of phenols is 1. The van der Waals surface area contributed by atoms with Crippen molar-refractivity contribution in [1.29, 1.82) is 0 Å². The zero-order chi connectivity index (χ0) is 15.9. The summed E-state index contributed by atoms with van der Waals surface area (Å²) >= 11 is 0. The number of ether oxygens (including phenoxy) is 1. The quantitative estimate of drug-likeness (QED) is 0.758. The lowest BCUT2D eigenvalue weighted by Crippen LogP contribution is -2.35. The molecule has 5 heteroatoms. The molecule has 0 radical (unpaired) electrons. The van der Waals surface area contributed by atoms with Gasteiger partial charge in [0.2, 0.25) is 0 Å². The summed E-state index contributed by atoms with van der Waals surface area (Å²) in [6.07, 6.45) is 4.72. The molecule has 22 heavy (non-hydrogen) atoms. The summed E-state index contributed by atoms with van der Waals surface area (Å²) in [4.78, 5) is 13.5. The number of carboxylic acids is 1. The molecule has 1 fully saturated rings. The molecule has 1 saturated heterocycles. The van der Waals surface area contributed by atoms with E-state index >= 15 is 0 Å². The molecule has 0 saturated carbocycles. The van der Waals surface area contributed by atoms with Crippen LogP contribution in [0.25, 0.3) is 0 Å². The zero-order valence-corrected chi connectivity index (χ0v) is 13.1. The Balaban J connectivity index is 1.92. The summed E-state index contributed by atoms with van der Waals surface area (Å²) < 4.78 is 5.11. The summed E-state index contributed by atoms with van der Waals surface area (Å²) in [5.74, 6) is -0.567. The molecule has 0 unspecified atom stereocenters. The van der Waals surface area contributed by atoms with Crippen LogP contribution in [0.4, 0.5) is 0 Å². The fraction of sp³-hybridized carbons (Fsp3) is 0.588. The highest BCUT2D eigenvalue weighted by atomic mass is 16.5. The first-order chi connectivity index (χ1) is 10.6. The molecule has 1 atom stereocenters. The summed E-state index contributed by atoms with van der Waals surface area (Å²) in [6, 6.07) is 4.85. The van der Waals surface area contributed by atoms with Crippen LogP contribution >= 0.6 is 0 Å². The Morgan fingerprint density at radius 3 is 3.00 bits per heavy atom. The van der Waals surface area contributed by atoms with Gasteiger partial charge in [-0.3, -0.25) is 4.90 Å². The highest BCUT2D eigenvalue weighted by molar-refractivity contribution is 5.90. The topological polar surface area (TPSA) is 70.0 Å². The number of methoxy groups -OCH3 is 1. The number of rotatable bonds is 7. The highest BCUT2D eigenvalue weighted by Crippen LogP contribution is 2.24. The maximum atomic E-state index is 11.1. The predicted octanol–water partition coefficient (Wildman–Crippen LogP) is 2.73. The lowest BCUT2D eigenvalue weighted by Gasteiger charge is -2.32. The highest BCUT2D eigenvalue weighted by Gasteiger charge is 2.20. The van der Waals surface area contributed by atoms with Crippen molar-refractivity contribution in [3.05, 3.63) is 29.3 Å². The lowest BCUT2D eigenvalue weighted by molar-refractivity contribution is 0.0693. The van der Waals surface area contributed by atoms with Gasteiger partial charge >= 0.3 is 5.97 Å². The van der Waals surface area contributed by atoms with Gasteiger partial charge in [0.25, 0.3) is 0 Å². The first-order valence-corrected chi connectivity index (χ1v) is 7.86. The molecule has 0 aliphatic carbocycles. The van der Waals surface area contributed by atoms with Gasteiger partial charge in [0.05, 0.1) is 0 Å². The van der Waals surface area contributed by atoms with Crippen molar-refractivity contribution in [3.8, 4) is 5.75 Å². The minimum Gasteiger partial charge on any atom is -0.507 e. The Hall–Kier alpha value is -1.59. The molecular formula is C17H25NO4. The summed E-state index contributed by atoms with van der Waals surface area (Å²) in [5, 5.41) is 18.6. The number of likely N-dealkylation sites (tertiary alicyclic amines) is 1. The number of aromatic carboxylic acids is 1. The lowest BCUT2D eigenvalue weighted by atomic mass is 9.93. The molecule has 122 valence electrons. The summed E-state index contributed by atoms with van der Waals surface area (Å²) in [7, 11) is 1.73. The maximum Gasteiger partial charge on any atom is 0.339 e. The minimum absolute atomic E-state index is 0.0221. The number of piperidine rings is 1. The fourth-order valence-corrected chi connectivity index (χ4v) is 3.16. The van der Waals surface area contributed by atoms with Gasteiger partial charge in [0, 0.05) is 26.8 Å². The van der Waals surface area contributed by atoms with E-state index in [2.05, 4.69) is 4.90 Å². The monoisotopic (exact) mass is 307 g/mol. The molecule has 1 heterocycles. The zero-order valence-electron chi connectivity index (χ0n) is 13.1. The number of carbonyl (C=O) groups is 1. The molecule has 5 nitrogen and oxygen atoms in total. The van der Waals surface area contributed by atoms with Crippen LogP contribution in [0.1, 0.15) is 41.6 Å². The van der Waals surface area contributed by atoms with Gasteiger partial charge in [-0.05, 0) is 55.8 Å². The number of hydrogen-bond donors (Lipinski definition) is 2. The van der Waals surface area contributed by atoms with Crippen LogP contribution in [0, 0.1) is 5.92 Å². The average Bonchev–Trinajstić information content (AvgIpc) is 2.50. The van der Waals surface area contributed by atoms with Gasteiger partial charge in [-0.2, -0.15) is 0 Å². The molecule has 0 aromatic heterocycles. The molecule has 1 aliphatic rings. The van der Waals surface area contributed by atoms with Crippen LogP contribution in [0.5, 0.6) is 5.75 Å². The van der Waals surface area contributed by atoms with Gasteiger partial charge in [-0.15, -0.1) is 0 Å². The van der Waals surface area contributed by atoms with Gasteiger partial charge in [0.15, 0.2) is 0 Å². The van der Waals surface area contributed by atoms with Crippen molar-refractivity contribution in [2.45, 2.75) is 32.2 Å². The second kappa shape index (κ2) is 8.15. The largest absolute Gasteiger partial charge is 0.507 e. The van der Waals surface area contributed by atoms with Crippen LogP contribution in [0.15, 0.2) is 18.2 Å². The molecule has 2 N–H and O–H groups in total. The number of carboxylic acid groups (broad SMARTS) is 1. The standard InChI is InChI=1S/C17H25NO4/c1-22-9-3-5-13-4-2-8-18(11-13)12-14-6-7-16(19)15(10-14)17(20)21/h6-7,10,13,19H,2-5,8-9,11-12H2,1H3,(H,20,21)/t13-/m1/s1. The number of aromatic hydroxyl groups is 1. The molecule has 1 aliphatic heterocycles. The Morgan fingerprint density at radius 1 is 1.45 bits per heavy atom. The van der Waals surface area contributed by atoms with E-state index in [1.54, 1.807) is 19.2 Å². The number of benzene rings is 1. The molecule has 1 aromatic rings. The second-order valence-electron chi connectivity index (χ2n) is 6.04. The number of hydrogen-bond acceptors (Lipinski definition) is 4. The summed E-state index contributed by atoms with van der Waals surface area (Å²) in [6.45, 7) is 3.65. The van der Waals surface area contributed by atoms with Crippen LogP contribution in [0.2, 0.25) is 0 Å². The van der Waals surface area contributed by atoms with Gasteiger partial charge in [-0.25, -0.2) is 4.79 Å². The fourth-order valence-electron chi connectivity index (χ4n) is 3.16. The first kappa shape index (κ1) is 16.8. The van der Waals surface area contributed by atoms with Gasteiger partial charge in [0.1, 0.15) is 11.3 Å². The third-order valence-electron chi connectivity index (χ3n) is 4.26. The predicted molar refractivity (Wildman–Crippen MR) is 84.2 cm³/mol. The molecular weight excluding hydrogens is 282 g/mol. The second-order valence-corrected chi connectivity index (χ2v) is 6.04. The van der Waals surface area contributed by atoms with Crippen molar-refractivity contribution >= 4 is 5.97 Å². The van der Waals surface area contributed by atoms with Gasteiger partial charge in [-0.1, -0.05) is 6.07 Å². The van der Waals surface area contributed by atoms with E-state index in [1.165, 1.54) is 25.3 Å². The Kier molecular flexibility index (Phi) is 6.21. The Bertz CT molecular complexity index is 503. The van der Waals surface area contributed by atoms with E-state index in [0.29, 0.717) is 5.92 Å². The van der Waals surface area contributed by atoms with Crippen LogP contribution < -0.4 is 0 Å². The van der Waals surface area contributed by atoms with Crippen molar-refractivity contribution in [3.63, 3.8) is 0 Å². The normalized spacial score (nSPS) is 19.2. The third-order valence-corrected chi connectivity index (χ3v) is 4.26. The number of nitrogens with zero attached hydrogens (tertiary/aromatic N) is 1. The molecule has 1 aromatic carbocycles. The Morgan fingerprint density at radius 2 is 2.27 bits per heavy atom. The average molecular weight is 307 g/mol.